The van der Waals surface area contributed by atoms with Gasteiger partial charge in [-0.05, 0) is 67.1 Å². The molecule has 1 saturated heterocycles. The second-order valence-electron chi connectivity index (χ2n) is 12.9. The first-order valence-electron chi connectivity index (χ1n) is 15.1. The van der Waals surface area contributed by atoms with Gasteiger partial charge in [0.1, 0.15) is 11.6 Å². The first kappa shape index (κ1) is 32.6. The van der Waals surface area contributed by atoms with Crippen molar-refractivity contribution in [2.45, 2.75) is 52.6 Å². The molecule has 6 rings (SSSR count). The van der Waals surface area contributed by atoms with Crippen LogP contribution in [0.25, 0.3) is 16.9 Å². The second kappa shape index (κ2) is 12.5. The van der Waals surface area contributed by atoms with Gasteiger partial charge in [0.25, 0.3) is 0 Å². The van der Waals surface area contributed by atoms with Crippen LogP contribution in [0.3, 0.4) is 0 Å². The number of carbonyl (C=O) groups excluding carboxylic acids is 1. The first-order chi connectivity index (χ1) is 21.7. The first-order valence-corrected chi connectivity index (χ1v) is 15.1. The summed E-state index contributed by atoms with van der Waals surface area (Å²) in [6, 6.07) is 18.0. The number of imidazole rings is 1. The monoisotopic (exact) mass is 630 g/mol. The van der Waals surface area contributed by atoms with Crippen LogP contribution in [-0.4, -0.2) is 62.3 Å². The molecule has 11 nitrogen and oxygen atoms in total. The molecule has 4 aromatic rings. The molecule has 2 fully saturated rings. The Kier molecular flexibility index (Phi) is 8.85. The highest BCUT2D eigenvalue weighted by Gasteiger charge is 2.58. The Hall–Kier alpha value is -4.84. The van der Waals surface area contributed by atoms with Crippen LogP contribution in [-0.2, 0) is 20.9 Å². The van der Waals surface area contributed by atoms with Gasteiger partial charge in [-0.1, -0.05) is 38.1 Å². The summed E-state index contributed by atoms with van der Waals surface area (Å²) in [6.45, 7) is 6.16. The van der Waals surface area contributed by atoms with Crippen molar-refractivity contribution in [3.05, 3.63) is 78.2 Å². The third kappa shape index (κ3) is 6.17. The van der Waals surface area contributed by atoms with E-state index in [1.165, 1.54) is 12.1 Å². The third-order valence-corrected chi connectivity index (χ3v) is 9.67. The topological polar surface area (TPSA) is 154 Å². The summed E-state index contributed by atoms with van der Waals surface area (Å²) in [6.07, 6.45) is 3.05. The number of hydrogen-bond donors (Lipinski definition) is 3. The average molecular weight is 631 g/mol. The Morgan fingerprint density at radius 3 is 2.37 bits per heavy atom. The van der Waals surface area contributed by atoms with Crippen LogP contribution >= 0.6 is 0 Å². The van der Waals surface area contributed by atoms with E-state index in [4.69, 9.17) is 21.0 Å². The van der Waals surface area contributed by atoms with E-state index in [1.807, 2.05) is 54.4 Å². The van der Waals surface area contributed by atoms with Gasteiger partial charge >= 0.3 is 11.9 Å². The van der Waals surface area contributed by atoms with Crippen LogP contribution in [0.15, 0.2) is 66.9 Å². The van der Waals surface area contributed by atoms with Gasteiger partial charge < -0.3 is 25.7 Å². The Balaban J connectivity index is 0.000000251. The van der Waals surface area contributed by atoms with Gasteiger partial charge in [-0.25, -0.2) is 13.9 Å². The van der Waals surface area contributed by atoms with Crippen molar-refractivity contribution in [2.24, 2.45) is 22.5 Å². The van der Waals surface area contributed by atoms with Gasteiger partial charge in [-0.2, -0.15) is 0 Å². The van der Waals surface area contributed by atoms with Crippen LogP contribution in [0.1, 0.15) is 45.6 Å². The molecule has 3 atom stereocenters. The molecule has 2 unspecified atom stereocenters. The number of amides is 1. The smallest absolute Gasteiger partial charge is 0.309 e. The predicted octanol–water partition coefficient (Wildman–Crippen LogP) is 4.83. The molecular formula is C34H39FN6O5. The van der Waals surface area contributed by atoms with E-state index in [0.717, 1.165) is 34.0 Å². The normalized spacial score (nSPS) is 22.0. The summed E-state index contributed by atoms with van der Waals surface area (Å²) >= 11 is 0. The Morgan fingerprint density at radius 2 is 1.80 bits per heavy atom. The third-order valence-electron chi connectivity index (χ3n) is 9.67. The number of anilines is 2. The fourth-order valence-corrected chi connectivity index (χ4v) is 6.37. The molecule has 4 N–H and O–H groups in total. The summed E-state index contributed by atoms with van der Waals surface area (Å²) in [4.78, 5) is 42.3. The number of aromatic nitrogens is 3. The van der Waals surface area contributed by atoms with Crippen LogP contribution in [0.5, 0.6) is 0 Å². The summed E-state index contributed by atoms with van der Waals surface area (Å²) < 4.78 is 15.3. The number of fused-ring (bicyclic) bond motifs is 1. The van der Waals surface area contributed by atoms with Crippen molar-refractivity contribution in [1.82, 2.24) is 14.6 Å². The molecule has 12 heteroatoms. The van der Waals surface area contributed by atoms with E-state index >= 15 is 0 Å². The maximum Gasteiger partial charge on any atom is 0.309 e. The lowest BCUT2D eigenvalue weighted by molar-refractivity contribution is -0.157. The number of nitrogens with zero attached hydrogens (tertiary/aromatic N) is 5. The molecule has 1 saturated carbocycles. The quantitative estimate of drug-likeness (QED) is 0.260. The number of rotatable bonds is 7. The van der Waals surface area contributed by atoms with Crippen molar-refractivity contribution in [3.8, 4) is 11.3 Å². The van der Waals surface area contributed by atoms with Crippen molar-refractivity contribution < 1.29 is 29.0 Å². The number of carboxylic acid groups (broad SMARTS) is 2. The molecule has 1 amide bonds. The molecule has 2 aromatic carbocycles. The Morgan fingerprint density at radius 1 is 1.09 bits per heavy atom. The molecular weight excluding hydrogens is 591 g/mol. The van der Waals surface area contributed by atoms with E-state index in [0.29, 0.717) is 32.4 Å². The number of carbonyl (C=O) groups is 3. The minimum Gasteiger partial charge on any atom is -0.481 e. The lowest BCUT2D eigenvalue weighted by Crippen LogP contribution is -2.42. The van der Waals surface area contributed by atoms with Crippen LogP contribution in [0, 0.1) is 22.6 Å². The lowest BCUT2D eigenvalue weighted by Gasteiger charge is -2.36. The predicted molar refractivity (Wildman–Crippen MR) is 172 cm³/mol. The zero-order valence-corrected chi connectivity index (χ0v) is 26.4. The van der Waals surface area contributed by atoms with Crippen molar-refractivity contribution in [3.63, 3.8) is 0 Å². The van der Waals surface area contributed by atoms with Gasteiger partial charge in [0.05, 0.1) is 23.2 Å². The van der Waals surface area contributed by atoms with Crippen LogP contribution < -0.4 is 15.5 Å². The molecule has 46 heavy (non-hydrogen) atoms. The van der Waals surface area contributed by atoms with E-state index in [2.05, 4.69) is 4.98 Å². The summed E-state index contributed by atoms with van der Waals surface area (Å²) in [5.41, 5.74) is 8.52. The molecule has 0 radical (unpaired) electrons. The number of hydrogen-bond acceptors (Lipinski definition) is 7. The fraction of sp³-hybridized carbons (Fsp3) is 0.382. The van der Waals surface area contributed by atoms with E-state index in [9.17, 15) is 18.8 Å². The zero-order valence-electron chi connectivity index (χ0n) is 26.4. The maximum absolute atomic E-state index is 13.5. The van der Waals surface area contributed by atoms with Gasteiger partial charge in [0, 0.05) is 43.9 Å². The van der Waals surface area contributed by atoms with Crippen molar-refractivity contribution in [1.29, 1.82) is 0 Å². The molecule has 1 aliphatic heterocycles. The molecule has 3 heterocycles. The molecule has 1 aliphatic carbocycles. The van der Waals surface area contributed by atoms with Gasteiger partial charge in [0.2, 0.25) is 5.91 Å². The number of aliphatic carboxylic acids is 2. The summed E-state index contributed by atoms with van der Waals surface area (Å²) in [5.74, 6) is -1.80. The van der Waals surface area contributed by atoms with Crippen LogP contribution in [0.2, 0.25) is 0 Å². The molecule has 2 aliphatic rings. The van der Waals surface area contributed by atoms with Gasteiger partial charge in [0.15, 0.2) is 5.65 Å². The van der Waals surface area contributed by atoms with E-state index in [1.54, 1.807) is 42.4 Å². The zero-order chi connectivity index (χ0) is 33.4. The summed E-state index contributed by atoms with van der Waals surface area (Å²) in [7, 11) is 1.92. The second-order valence-corrected chi connectivity index (χ2v) is 12.9. The lowest BCUT2D eigenvalue weighted by atomic mass is 9.66. The standard InChI is InChI=1S/C24H23FN6O.C10H16O4/c1-29(14-16-3-2-4-18(25)11-16)23-10-9-22-27-13-21(31(22)28-23)17-5-7-20(8-6-17)30-15-19(26)12-24(30)32;1-9(2)6(7(11)12)4-5-10(9,3)8(13)14/h2-11,13,19H,12,14-15,26H2,1H3;6H,4-5H2,1-3H3,(H,11,12)(H,13,14)/t19-;/m0./s1. The maximum atomic E-state index is 13.5. The highest BCUT2D eigenvalue weighted by atomic mass is 19.1. The largest absolute Gasteiger partial charge is 0.481 e. The minimum atomic E-state index is -0.921. The van der Waals surface area contributed by atoms with Crippen LogP contribution in [0.4, 0.5) is 15.9 Å². The molecule has 0 bridgehead atoms. The molecule has 242 valence electrons. The highest BCUT2D eigenvalue weighted by molar-refractivity contribution is 5.96. The van der Waals surface area contributed by atoms with Gasteiger partial charge in [-0.15, -0.1) is 5.10 Å². The Labute approximate surface area is 266 Å². The van der Waals surface area contributed by atoms with E-state index in [-0.39, 0.29) is 17.8 Å². The van der Waals surface area contributed by atoms with Crippen molar-refractivity contribution in [2.75, 3.05) is 23.4 Å². The fourth-order valence-electron chi connectivity index (χ4n) is 6.37. The highest BCUT2D eigenvalue weighted by Crippen LogP contribution is 2.56. The number of carboxylic acids is 2. The number of halogens is 1. The van der Waals surface area contributed by atoms with Crippen molar-refractivity contribution >= 4 is 35.0 Å². The summed E-state index contributed by atoms with van der Waals surface area (Å²) in [5, 5.41) is 22.8. The minimum absolute atomic E-state index is 0.0488. The van der Waals surface area contributed by atoms with E-state index < -0.39 is 28.7 Å². The molecule has 2 aromatic heterocycles. The Bertz CT molecular complexity index is 1770. The molecule has 0 spiro atoms. The number of nitrogens with two attached hydrogens (primary N) is 1. The average Bonchev–Trinajstić information content (AvgIpc) is 3.65. The SMILES string of the molecule is CC1(C(=O)O)CCC(C(=O)O)C1(C)C.CN(Cc1cccc(F)c1)c1ccc2ncc(-c3ccc(N4C[C@@H](N)CC4=O)cc3)n2n1. The number of benzene rings is 2. The van der Waals surface area contributed by atoms with Gasteiger partial charge in [-0.3, -0.25) is 14.4 Å².